The van der Waals surface area contributed by atoms with E-state index in [2.05, 4.69) is 138 Å². The van der Waals surface area contributed by atoms with Crippen molar-refractivity contribution in [3.63, 3.8) is 0 Å². The van der Waals surface area contributed by atoms with Gasteiger partial charge in [0.2, 0.25) is 0 Å². The van der Waals surface area contributed by atoms with E-state index in [4.69, 9.17) is 10.5 Å². The highest BCUT2D eigenvalue weighted by Gasteiger charge is 2.32. The summed E-state index contributed by atoms with van der Waals surface area (Å²) in [7, 11) is 0. The van der Waals surface area contributed by atoms with Gasteiger partial charge in [-0.1, -0.05) is 121 Å². The molecule has 2 unspecified atom stereocenters. The Hall–Kier alpha value is -5.87. The van der Waals surface area contributed by atoms with Gasteiger partial charge in [0.15, 0.2) is 0 Å². The van der Waals surface area contributed by atoms with Crippen LogP contribution in [0.5, 0.6) is 0 Å². The molecule has 0 saturated carbocycles. The van der Waals surface area contributed by atoms with Crippen LogP contribution >= 0.6 is 0 Å². The number of pyridine rings is 1. The Kier molecular flexibility index (Phi) is 6.73. The highest BCUT2D eigenvalue weighted by atomic mass is 15.3. The second-order valence-corrected chi connectivity index (χ2v) is 11.5. The molecule has 45 heavy (non-hydrogen) atoms. The van der Waals surface area contributed by atoms with Gasteiger partial charge in [0, 0.05) is 35.2 Å². The number of nitrogens with zero attached hydrogens (tertiary/aromatic N) is 2. The van der Waals surface area contributed by atoms with Crippen molar-refractivity contribution in [3.8, 4) is 11.1 Å². The van der Waals surface area contributed by atoms with Crippen molar-refractivity contribution in [1.82, 2.24) is 4.98 Å². The summed E-state index contributed by atoms with van der Waals surface area (Å²) in [6.45, 7) is 0. The van der Waals surface area contributed by atoms with Crippen molar-refractivity contribution < 1.29 is 0 Å². The molecule has 0 fully saturated rings. The molecule has 1 heterocycles. The van der Waals surface area contributed by atoms with Crippen molar-refractivity contribution in [1.29, 1.82) is 5.41 Å². The molecule has 0 radical (unpaired) electrons. The highest BCUT2D eigenvalue weighted by molar-refractivity contribution is 6.50. The minimum atomic E-state index is 0.168. The molecule has 5 aromatic rings. The van der Waals surface area contributed by atoms with E-state index in [0.29, 0.717) is 11.4 Å². The molecule has 0 spiro atoms. The van der Waals surface area contributed by atoms with Gasteiger partial charge in [-0.05, 0) is 68.0 Å². The number of anilines is 1. The number of hydrogen-bond acceptors (Lipinski definition) is 4. The van der Waals surface area contributed by atoms with Gasteiger partial charge in [-0.15, -0.1) is 0 Å². The standard InChI is InChI=1S/C41H30N4/c42-37-22-20-28(25-39(37)45-44-38-23-21-30(29-13-10-24-43-26-29)31-14-4-5-15-32(31)38)41-35-18-8-6-16-33(35)40(27-11-2-1-3-12-27)34-17-7-9-19-36(34)41/h1-26,33,35,42,44H/b42-37?,45-39-. The van der Waals surface area contributed by atoms with Crippen molar-refractivity contribution in [3.05, 3.63) is 180 Å². The minimum absolute atomic E-state index is 0.168. The first kappa shape index (κ1) is 26.7. The maximum atomic E-state index is 8.75. The van der Waals surface area contributed by atoms with E-state index in [-0.39, 0.29) is 11.8 Å². The topological polar surface area (TPSA) is 61.1 Å². The van der Waals surface area contributed by atoms with E-state index >= 15 is 0 Å². The smallest absolute Gasteiger partial charge is 0.109 e. The molecule has 0 bridgehead atoms. The summed E-state index contributed by atoms with van der Waals surface area (Å²) in [5.74, 6) is 0.377. The van der Waals surface area contributed by atoms with Gasteiger partial charge in [0.25, 0.3) is 0 Å². The Balaban J connectivity index is 1.24. The lowest BCUT2D eigenvalue weighted by Crippen LogP contribution is -2.40. The quantitative estimate of drug-likeness (QED) is 0.167. The van der Waals surface area contributed by atoms with Crippen molar-refractivity contribution in [2.45, 2.75) is 0 Å². The molecule has 3 aliphatic carbocycles. The van der Waals surface area contributed by atoms with Gasteiger partial charge >= 0.3 is 0 Å². The fourth-order valence-corrected chi connectivity index (χ4v) is 6.87. The van der Waals surface area contributed by atoms with Crippen LogP contribution in [0.3, 0.4) is 0 Å². The number of nitrogens with one attached hydrogen (secondary N) is 2. The van der Waals surface area contributed by atoms with Crippen molar-refractivity contribution in [2.24, 2.45) is 16.9 Å². The SMILES string of the molecule is N=C1C=CC(C2=c3ccccc3=C(c3ccccc3)C3C=CC=CC23)=C/C1=N/Nc1ccc(-c2cccnc2)c2ccccc12. The van der Waals surface area contributed by atoms with Crippen LogP contribution in [0.4, 0.5) is 5.69 Å². The fraction of sp³-hybridized carbons (Fsp3) is 0.0488. The molecule has 4 aromatic carbocycles. The van der Waals surface area contributed by atoms with Crippen LogP contribution in [0.15, 0.2) is 169 Å². The number of hydrazone groups is 1. The second kappa shape index (κ2) is 11.3. The van der Waals surface area contributed by atoms with Crippen LogP contribution in [0.25, 0.3) is 33.0 Å². The molecule has 1 aromatic heterocycles. The molecule has 8 rings (SSSR count). The van der Waals surface area contributed by atoms with E-state index in [1.807, 2.05) is 24.4 Å². The minimum Gasteiger partial charge on any atom is -0.299 e. The summed E-state index contributed by atoms with van der Waals surface area (Å²) < 4.78 is 0. The Morgan fingerprint density at radius 2 is 1.33 bits per heavy atom. The Bertz CT molecular complexity index is 2250. The Morgan fingerprint density at radius 1 is 0.644 bits per heavy atom. The highest BCUT2D eigenvalue weighted by Crippen LogP contribution is 2.41. The first-order valence-corrected chi connectivity index (χ1v) is 15.2. The van der Waals surface area contributed by atoms with Crippen LogP contribution in [-0.4, -0.2) is 16.4 Å². The van der Waals surface area contributed by atoms with Gasteiger partial charge < -0.3 is 0 Å². The third-order valence-corrected chi connectivity index (χ3v) is 8.90. The number of fused-ring (bicyclic) bond motifs is 3. The first-order chi connectivity index (χ1) is 22.3. The Morgan fingerprint density at radius 3 is 2.11 bits per heavy atom. The van der Waals surface area contributed by atoms with Gasteiger partial charge in [0.05, 0.1) is 11.4 Å². The van der Waals surface area contributed by atoms with Crippen LogP contribution < -0.4 is 15.9 Å². The van der Waals surface area contributed by atoms with Crippen molar-refractivity contribution in [2.75, 3.05) is 5.43 Å². The van der Waals surface area contributed by atoms with Crippen molar-refractivity contribution >= 4 is 39.0 Å². The van der Waals surface area contributed by atoms with E-state index in [9.17, 15) is 0 Å². The normalized spacial score (nSPS) is 19.4. The third kappa shape index (κ3) is 4.77. The molecular weight excluding hydrogens is 548 g/mol. The molecule has 2 N–H and O–H groups in total. The second-order valence-electron chi connectivity index (χ2n) is 11.5. The molecule has 214 valence electrons. The lowest BCUT2D eigenvalue weighted by Gasteiger charge is -2.34. The molecule has 0 amide bonds. The zero-order chi connectivity index (χ0) is 30.2. The number of benzene rings is 4. The summed E-state index contributed by atoms with van der Waals surface area (Å²) in [4.78, 5) is 4.32. The maximum absolute atomic E-state index is 8.75. The number of aromatic nitrogens is 1. The fourth-order valence-electron chi connectivity index (χ4n) is 6.87. The molecular formula is C41H30N4. The molecule has 0 aliphatic heterocycles. The van der Waals surface area contributed by atoms with E-state index in [1.54, 1.807) is 6.20 Å². The van der Waals surface area contributed by atoms with Gasteiger partial charge in [-0.2, -0.15) is 5.10 Å². The molecule has 2 atom stereocenters. The molecule has 0 saturated heterocycles. The molecule has 4 heteroatoms. The average Bonchev–Trinajstić information content (AvgIpc) is 3.11. The maximum Gasteiger partial charge on any atom is 0.109 e. The molecule has 4 nitrogen and oxygen atoms in total. The number of rotatable bonds is 5. The van der Waals surface area contributed by atoms with Crippen LogP contribution in [-0.2, 0) is 0 Å². The van der Waals surface area contributed by atoms with Gasteiger partial charge in [-0.25, -0.2) is 0 Å². The Labute approximate surface area is 262 Å². The van der Waals surface area contributed by atoms with Gasteiger partial charge in [0.1, 0.15) is 5.71 Å². The zero-order valence-corrected chi connectivity index (χ0v) is 24.6. The summed E-state index contributed by atoms with van der Waals surface area (Å²) in [6.07, 6.45) is 18.6. The number of hydrogen-bond donors (Lipinski definition) is 2. The largest absolute Gasteiger partial charge is 0.299 e. The van der Waals surface area contributed by atoms with Gasteiger partial charge in [-0.3, -0.25) is 15.8 Å². The predicted octanol–water partition coefficient (Wildman–Crippen LogP) is 7.61. The third-order valence-electron chi connectivity index (χ3n) is 8.90. The van der Waals surface area contributed by atoms with E-state index in [1.165, 1.54) is 27.1 Å². The van der Waals surface area contributed by atoms with Crippen LogP contribution in [0.1, 0.15) is 5.56 Å². The van der Waals surface area contributed by atoms with E-state index in [0.717, 1.165) is 33.2 Å². The lowest BCUT2D eigenvalue weighted by molar-refractivity contribution is 0.686. The monoisotopic (exact) mass is 578 g/mol. The number of allylic oxidation sites excluding steroid dienone is 8. The predicted molar refractivity (Wildman–Crippen MR) is 186 cm³/mol. The molecule has 3 aliphatic rings. The average molecular weight is 579 g/mol. The summed E-state index contributed by atoms with van der Waals surface area (Å²) in [5.41, 5.74) is 12.3. The zero-order valence-electron chi connectivity index (χ0n) is 24.6. The van der Waals surface area contributed by atoms with Crippen LogP contribution in [0, 0.1) is 17.2 Å². The van der Waals surface area contributed by atoms with E-state index < -0.39 is 0 Å². The first-order valence-electron chi connectivity index (χ1n) is 15.2. The summed E-state index contributed by atoms with van der Waals surface area (Å²) >= 11 is 0. The van der Waals surface area contributed by atoms with Crippen LogP contribution in [0.2, 0.25) is 0 Å². The lowest BCUT2D eigenvalue weighted by atomic mass is 9.69. The summed E-state index contributed by atoms with van der Waals surface area (Å²) in [6, 6.07) is 36.0. The summed E-state index contributed by atoms with van der Waals surface area (Å²) in [5, 5.41) is 18.2.